The highest BCUT2D eigenvalue weighted by Crippen LogP contribution is 2.90. The highest BCUT2D eigenvalue weighted by molar-refractivity contribution is 5.92. The van der Waals surface area contributed by atoms with Crippen molar-refractivity contribution in [3.8, 4) is 0 Å². The fourth-order valence-corrected chi connectivity index (χ4v) is 9.99. The molecule has 0 radical (unpaired) electrons. The van der Waals surface area contributed by atoms with Gasteiger partial charge in [0.25, 0.3) is 0 Å². The molecule has 3 heterocycles. The summed E-state index contributed by atoms with van der Waals surface area (Å²) in [6.45, 7) is 7.31. The predicted molar refractivity (Wildman–Crippen MR) is 136 cm³/mol. The van der Waals surface area contributed by atoms with Crippen LogP contribution in [0.1, 0.15) is 68.7 Å². The van der Waals surface area contributed by atoms with Gasteiger partial charge >= 0.3 is 11.9 Å². The van der Waals surface area contributed by atoms with Gasteiger partial charge in [-0.1, -0.05) is 32.9 Å². The van der Waals surface area contributed by atoms with Crippen molar-refractivity contribution < 1.29 is 38.0 Å². The minimum Gasteiger partial charge on any atom is -0.465 e. The maximum atomic E-state index is 12.5. The van der Waals surface area contributed by atoms with Crippen LogP contribution in [0.25, 0.3) is 0 Å². The summed E-state index contributed by atoms with van der Waals surface area (Å²) >= 11 is 0. The maximum absolute atomic E-state index is 12.5. The van der Waals surface area contributed by atoms with Crippen LogP contribution in [0.15, 0.2) is 35.4 Å². The van der Waals surface area contributed by atoms with Crippen molar-refractivity contribution in [1.29, 1.82) is 0 Å². The summed E-state index contributed by atoms with van der Waals surface area (Å²) in [4.78, 5) is 24.4. The standard InChI is InChI=1S/C31H36O8/c1-15(2)30-23(39-30)21-13-29(21)28(3)11-10-18-19(14-36-25(18)33)20(28)12-22-31(29,38-22)27(30)37-26(35-5)17-8-6-16(7-9-17)24(32)34-4/h6-9,15,20-23,26-27H,10-14H2,1-5H3/t20-,21-,22-,23-,26?,27+,28-,29-,30-,31+/m0/s1. The zero-order chi connectivity index (χ0) is 27.1. The van der Waals surface area contributed by atoms with E-state index in [0.717, 1.165) is 36.8 Å². The Kier molecular flexibility index (Phi) is 4.73. The predicted octanol–water partition coefficient (Wildman–Crippen LogP) is 4.13. The van der Waals surface area contributed by atoms with Gasteiger partial charge in [0.15, 0.2) is 6.29 Å². The molecule has 3 saturated carbocycles. The Morgan fingerprint density at radius 2 is 1.90 bits per heavy atom. The third kappa shape index (κ3) is 2.66. The minimum atomic E-state index is -0.638. The van der Waals surface area contributed by atoms with E-state index < -0.39 is 17.5 Å². The molecule has 10 atom stereocenters. The molecular weight excluding hydrogens is 500 g/mol. The average Bonchev–Trinajstić information content (AvgIpc) is 3.85. The van der Waals surface area contributed by atoms with Crippen molar-refractivity contribution in [2.24, 2.45) is 28.6 Å². The lowest BCUT2D eigenvalue weighted by Gasteiger charge is -2.57. The van der Waals surface area contributed by atoms with Crippen molar-refractivity contribution in [2.75, 3.05) is 20.8 Å². The summed E-state index contributed by atoms with van der Waals surface area (Å²) in [6.07, 6.45) is 2.92. The molecule has 7 aliphatic rings. The number of hydrogen-bond acceptors (Lipinski definition) is 8. The van der Waals surface area contributed by atoms with Crippen molar-refractivity contribution in [1.82, 2.24) is 0 Å². The van der Waals surface area contributed by atoms with Crippen molar-refractivity contribution in [2.45, 2.75) is 82.3 Å². The Labute approximate surface area is 228 Å². The molecule has 0 N–H and O–H groups in total. The summed E-state index contributed by atoms with van der Waals surface area (Å²) in [5.74, 6) is 0.459. The van der Waals surface area contributed by atoms with E-state index >= 15 is 0 Å². The van der Waals surface area contributed by atoms with Crippen LogP contribution in [0.3, 0.4) is 0 Å². The lowest BCUT2D eigenvalue weighted by molar-refractivity contribution is -0.222. The Morgan fingerprint density at radius 3 is 2.59 bits per heavy atom. The van der Waals surface area contributed by atoms with Gasteiger partial charge in [0.2, 0.25) is 0 Å². The smallest absolute Gasteiger partial charge is 0.337 e. The van der Waals surface area contributed by atoms with Crippen LogP contribution in [-0.4, -0.2) is 62.3 Å². The Morgan fingerprint density at radius 1 is 1.13 bits per heavy atom. The third-order valence-corrected chi connectivity index (χ3v) is 11.9. The fraction of sp³-hybridized carbons (Fsp3) is 0.677. The summed E-state index contributed by atoms with van der Waals surface area (Å²) in [5, 5.41) is 0. The molecule has 0 bridgehead atoms. The van der Waals surface area contributed by atoms with Gasteiger partial charge in [0.05, 0.1) is 24.9 Å². The quantitative estimate of drug-likeness (QED) is 0.304. The first-order valence-corrected chi connectivity index (χ1v) is 14.3. The van der Waals surface area contributed by atoms with Crippen LogP contribution in [0.2, 0.25) is 0 Å². The van der Waals surface area contributed by atoms with E-state index in [1.165, 1.54) is 12.7 Å². The number of hydrogen-bond donors (Lipinski definition) is 0. The molecule has 8 nitrogen and oxygen atoms in total. The second kappa shape index (κ2) is 7.52. The lowest BCUT2D eigenvalue weighted by Crippen LogP contribution is -2.65. The average molecular weight is 537 g/mol. The van der Waals surface area contributed by atoms with Gasteiger partial charge in [0, 0.05) is 23.7 Å². The molecule has 5 fully saturated rings. The topological polar surface area (TPSA) is 96.1 Å². The molecule has 3 aliphatic heterocycles. The minimum absolute atomic E-state index is 0.0150. The first kappa shape index (κ1) is 24.5. The molecular formula is C31H36O8. The maximum Gasteiger partial charge on any atom is 0.337 e. The molecule has 4 aliphatic carbocycles. The molecule has 1 unspecified atom stereocenters. The van der Waals surface area contributed by atoms with Gasteiger partial charge in [0.1, 0.15) is 23.9 Å². The molecule has 39 heavy (non-hydrogen) atoms. The highest BCUT2D eigenvalue weighted by atomic mass is 16.7. The van der Waals surface area contributed by atoms with Crippen molar-refractivity contribution in [3.05, 3.63) is 46.5 Å². The monoisotopic (exact) mass is 536 g/mol. The Hall–Kier alpha value is -2.26. The van der Waals surface area contributed by atoms with E-state index in [1.807, 2.05) is 12.1 Å². The normalized spacial score (nSPS) is 46.6. The number of ether oxygens (including phenoxy) is 6. The van der Waals surface area contributed by atoms with Gasteiger partial charge < -0.3 is 28.4 Å². The first-order chi connectivity index (χ1) is 18.7. The number of rotatable bonds is 6. The van der Waals surface area contributed by atoms with Crippen LogP contribution in [0.5, 0.6) is 0 Å². The van der Waals surface area contributed by atoms with E-state index in [9.17, 15) is 9.59 Å². The van der Waals surface area contributed by atoms with Crippen molar-refractivity contribution in [3.63, 3.8) is 0 Å². The summed E-state index contributed by atoms with van der Waals surface area (Å²) in [6, 6.07) is 7.20. The SMILES string of the molecule is COC(=O)c1ccc(C(OC)O[C@@H]2[C@@]3(C(C)C)O[C@H]3[C@@H]3C[C@]34[C@]23O[C@H]3C[C@H]2C3=C(CC[C@@]24C)C(=O)OC3)cc1. The lowest BCUT2D eigenvalue weighted by atomic mass is 9.45. The molecule has 1 aromatic rings. The number of methoxy groups -OCH3 is 2. The molecule has 2 saturated heterocycles. The molecule has 8 rings (SSSR count). The Bertz CT molecular complexity index is 1320. The van der Waals surface area contributed by atoms with Crippen LogP contribution < -0.4 is 0 Å². The van der Waals surface area contributed by atoms with E-state index in [-0.39, 0.29) is 52.9 Å². The zero-order valence-corrected chi connectivity index (χ0v) is 23.2. The molecule has 0 aromatic heterocycles. The molecule has 2 spiro atoms. The fourth-order valence-electron chi connectivity index (χ4n) is 9.99. The largest absolute Gasteiger partial charge is 0.465 e. The van der Waals surface area contributed by atoms with Crippen LogP contribution in [0, 0.1) is 28.6 Å². The van der Waals surface area contributed by atoms with E-state index in [4.69, 9.17) is 28.4 Å². The van der Waals surface area contributed by atoms with Gasteiger partial charge in [-0.25, -0.2) is 9.59 Å². The third-order valence-electron chi connectivity index (χ3n) is 11.9. The molecule has 0 amide bonds. The number of epoxide rings is 2. The number of benzene rings is 1. The first-order valence-electron chi connectivity index (χ1n) is 14.3. The van der Waals surface area contributed by atoms with Crippen LogP contribution in [0.4, 0.5) is 0 Å². The Balaban J connectivity index is 1.18. The molecule has 208 valence electrons. The summed E-state index contributed by atoms with van der Waals surface area (Å²) in [7, 11) is 3.03. The summed E-state index contributed by atoms with van der Waals surface area (Å²) in [5.41, 5.74) is 2.50. The summed E-state index contributed by atoms with van der Waals surface area (Å²) < 4.78 is 37.0. The van der Waals surface area contributed by atoms with Gasteiger partial charge in [-0.15, -0.1) is 0 Å². The van der Waals surface area contributed by atoms with E-state index in [0.29, 0.717) is 18.1 Å². The number of esters is 2. The molecule has 1 aromatic carbocycles. The zero-order valence-electron chi connectivity index (χ0n) is 23.2. The van der Waals surface area contributed by atoms with Crippen LogP contribution in [-0.2, 0) is 33.2 Å². The number of fused-ring (bicyclic) bond motifs is 4. The second-order valence-electron chi connectivity index (χ2n) is 13.2. The van der Waals surface area contributed by atoms with Gasteiger partial charge in [-0.2, -0.15) is 0 Å². The number of cyclic esters (lactones) is 1. The van der Waals surface area contributed by atoms with Crippen molar-refractivity contribution >= 4 is 11.9 Å². The van der Waals surface area contributed by atoms with E-state index in [1.54, 1.807) is 19.2 Å². The van der Waals surface area contributed by atoms with Gasteiger partial charge in [-0.05, 0) is 66.6 Å². The second-order valence-corrected chi connectivity index (χ2v) is 13.2. The number of carbonyl (C=O) groups excluding carboxylic acids is 2. The van der Waals surface area contributed by atoms with Crippen LogP contribution >= 0.6 is 0 Å². The number of carbonyl (C=O) groups is 2. The van der Waals surface area contributed by atoms with E-state index in [2.05, 4.69) is 20.8 Å². The molecule has 8 heteroatoms. The van der Waals surface area contributed by atoms with Gasteiger partial charge in [-0.3, -0.25) is 0 Å². The highest BCUT2D eigenvalue weighted by Gasteiger charge is 2.98.